The molecule has 0 aromatic heterocycles. The van der Waals surface area contributed by atoms with Crippen molar-refractivity contribution in [3.63, 3.8) is 0 Å². The standard InChI is InChI=1S/GeH2O2.H3N/c2-1-3;/h1-2H;1H3. The monoisotopic (exact) mass is 125 g/mol. The first-order chi connectivity index (χ1) is 1.41. The molecular weight excluding hydrogens is 119 g/mol. The summed E-state index contributed by atoms with van der Waals surface area (Å²) in [5, 5.41) is 0. The Bertz CT molecular complexity index is 13.5. The third-order valence-electron chi connectivity index (χ3n) is 0. The molecule has 0 aromatic rings. The SMILES string of the molecule is N.[O]=[GeH][OH]. The molecular formula is H5GeNO2. The van der Waals surface area contributed by atoms with E-state index in [1.807, 2.05) is 0 Å². The normalized spacial score (nSPS) is 3.00. The molecule has 0 saturated heterocycles. The third-order valence-corrected chi connectivity index (χ3v) is 0. The van der Waals surface area contributed by atoms with E-state index in [2.05, 4.69) is 0 Å². The zero-order valence-corrected chi connectivity index (χ0v) is 4.56. The van der Waals surface area contributed by atoms with Crippen molar-refractivity contribution in [2.75, 3.05) is 0 Å². The van der Waals surface area contributed by atoms with E-state index in [1.165, 1.54) is 0 Å². The zero-order valence-electron chi connectivity index (χ0n) is 2.14. The van der Waals surface area contributed by atoms with Gasteiger partial charge in [-0.2, -0.15) is 0 Å². The molecule has 4 heteroatoms. The number of hydrogen-bond donors (Lipinski definition) is 2. The maximum atomic E-state index is 8.64. The Morgan fingerprint density at radius 2 is 1.75 bits per heavy atom. The molecule has 4 N–H and O–H groups in total. The molecule has 4 heavy (non-hydrogen) atoms. The molecule has 0 atom stereocenters. The summed E-state index contributed by atoms with van der Waals surface area (Å²) >= 11 is -1.94. The van der Waals surface area contributed by atoms with Crippen molar-refractivity contribution in [1.82, 2.24) is 6.15 Å². The predicted octanol–water partition coefficient (Wildman–Crippen LogP) is -1.16. The second-order valence-electron chi connectivity index (χ2n) is 0.105. The van der Waals surface area contributed by atoms with Crippen LogP contribution in [0.2, 0.25) is 0 Å². The number of rotatable bonds is 0. The molecule has 0 radical (unpaired) electrons. The van der Waals surface area contributed by atoms with E-state index < -0.39 is 15.7 Å². The summed E-state index contributed by atoms with van der Waals surface area (Å²) in [6.07, 6.45) is 0. The zero-order chi connectivity index (χ0) is 2.71. The van der Waals surface area contributed by atoms with Crippen LogP contribution in [-0.4, -0.2) is 19.8 Å². The van der Waals surface area contributed by atoms with E-state index in [0.717, 1.165) is 0 Å². The van der Waals surface area contributed by atoms with E-state index in [4.69, 9.17) is 7.91 Å². The first-order valence-corrected chi connectivity index (χ1v) is 2.57. The molecule has 0 aliphatic heterocycles. The van der Waals surface area contributed by atoms with Gasteiger partial charge in [-0.1, -0.05) is 0 Å². The van der Waals surface area contributed by atoms with Crippen LogP contribution in [0, 0.1) is 0 Å². The van der Waals surface area contributed by atoms with Gasteiger partial charge in [0.25, 0.3) is 0 Å². The Hall–Kier alpha value is 0.103. The van der Waals surface area contributed by atoms with Crippen LogP contribution < -0.4 is 6.15 Å². The van der Waals surface area contributed by atoms with Gasteiger partial charge < -0.3 is 6.15 Å². The predicted molar refractivity (Wildman–Crippen MR) is 15.1 cm³/mol. The Kier molecular flexibility index (Phi) is 25.2. The first kappa shape index (κ1) is 8.93. The minimum atomic E-state index is -1.94. The summed E-state index contributed by atoms with van der Waals surface area (Å²) in [4.78, 5) is 0. The van der Waals surface area contributed by atoms with Crippen molar-refractivity contribution < 1.29 is 7.91 Å². The molecule has 0 spiro atoms. The van der Waals surface area contributed by atoms with Crippen LogP contribution in [0.5, 0.6) is 0 Å². The molecule has 0 aliphatic rings. The summed E-state index contributed by atoms with van der Waals surface area (Å²) in [5.41, 5.74) is 0. The van der Waals surface area contributed by atoms with E-state index in [1.54, 1.807) is 0 Å². The fourth-order valence-corrected chi connectivity index (χ4v) is 0. The van der Waals surface area contributed by atoms with E-state index in [0.29, 0.717) is 0 Å². The molecule has 0 aromatic carbocycles. The van der Waals surface area contributed by atoms with E-state index in [9.17, 15) is 0 Å². The molecule has 0 heterocycles. The van der Waals surface area contributed by atoms with Crippen LogP contribution in [-0.2, 0) is 3.78 Å². The van der Waals surface area contributed by atoms with Crippen molar-refractivity contribution >= 4 is 15.7 Å². The van der Waals surface area contributed by atoms with Gasteiger partial charge in [0.2, 0.25) is 0 Å². The van der Waals surface area contributed by atoms with Crippen molar-refractivity contribution in [2.45, 2.75) is 0 Å². The van der Waals surface area contributed by atoms with Gasteiger partial charge >= 0.3 is 23.6 Å². The van der Waals surface area contributed by atoms with Crippen LogP contribution in [0.15, 0.2) is 0 Å². The molecule has 26 valence electrons. The van der Waals surface area contributed by atoms with Crippen LogP contribution >= 0.6 is 0 Å². The Balaban J connectivity index is 0. The van der Waals surface area contributed by atoms with Crippen molar-refractivity contribution in [3.8, 4) is 0 Å². The maximum absolute atomic E-state index is 8.64. The van der Waals surface area contributed by atoms with Gasteiger partial charge in [0.05, 0.1) is 0 Å². The van der Waals surface area contributed by atoms with Crippen LogP contribution in [0.3, 0.4) is 0 Å². The Morgan fingerprint density at radius 3 is 1.75 bits per heavy atom. The minimum absolute atomic E-state index is 0. The van der Waals surface area contributed by atoms with Gasteiger partial charge in [-0.25, -0.2) is 0 Å². The molecule has 0 bridgehead atoms. The fourth-order valence-electron chi connectivity index (χ4n) is 0. The van der Waals surface area contributed by atoms with Gasteiger partial charge in [0.15, 0.2) is 0 Å². The van der Waals surface area contributed by atoms with Gasteiger partial charge in [0.1, 0.15) is 0 Å². The van der Waals surface area contributed by atoms with E-state index >= 15 is 0 Å². The summed E-state index contributed by atoms with van der Waals surface area (Å²) in [6, 6.07) is 0. The Morgan fingerprint density at radius 1 is 1.75 bits per heavy atom. The molecule has 0 aliphatic carbocycles. The fraction of sp³-hybridized carbons (Fsp3) is 0. The quantitative estimate of drug-likeness (QED) is 0.399. The van der Waals surface area contributed by atoms with Crippen LogP contribution in [0.1, 0.15) is 0 Å². The van der Waals surface area contributed by atoms with Crippen molar-refractivity contribution in [1.29, 1.82) is 0 Å². The molecule has 0 unspecified atom stereocenters. The molecule has 0 amide bonds. The topological polar surface area (TPSA) is 72.3 Å². The van der Waals surface area contributed by atoms with Gasteiger partial charge in [-0.05, 0) is 0 Å². The summed E-state index contributed by atoms with van der Waals surface area (Å²) in [6.45, 7) is 0. The van der Waals surface area contributed by atoms with Gasteiger partial charge in [0, 0.05) is 0 Å². The first-order valence-electron chi connectivity index (χ1n) is 0.494. The van der Waals surface area contributed by atoms with Crippen LogP contribution in [0.25, 0.3) is 0 Å². The summed E-state index contributed by atoms with van der Waals surface area (Å²) in [5.74, 6) is 0. The molecule has 0 rings (SSSR count). The Labute approximate surface area is 30.6 Å². The van der Waals surface area contributed by atoms with Gasteiger partial charge in [-0.15, -0.1) is 0 Å². The average molecular weight is 124 g/mol. The van der Waals surface area contributed by atoms with Gasteiger partial charge in [-0.3, -0.25) is 0 Å². The van der Waals surface area contributed by atoms with Crippen molar-refractivity contribution in [2.24, 2.45) is 0 Å². The summed E-state index contributed by atoms with van der Waals surface area (Å²) in [7, 11) is 0. The van der Waals surface area contributed by atoms with E-state index in [-0.39, 0.29) is 6.15 Å². The second kappa shape index (κ2) is 11.3. The summed E-state index contributed by atoms with van der Waals surface area (Å²) < 4.78 is 15.8. The van der Waals surface area contributed by atoms with Crippen molar-refractivity contribution in [3.05, 3.63) is 0 Å². The molecule has 0 saturated carbocycles. The third kappa shape index (κ3) is 242. The van der Waals surface area contributed by atoms with Crippen LogP contribution in [0.4, 0.5) is 0 Å². The molecule has 3 nitrogen and oxygen atoms in total. The average Bonchev–Trinajstić information content (AvgIpc) is 0.918. The second-order valence-corrected chi connectivity index (χ2v) is 0.548. The molecule has 0 fully saturated rings. The number of hydrogen-bond acceptors (Lipinski definition) is 2.